The van der Waals surface area contributed by atoms with Crippen LogP contribution in [-0.2, 0) is 11.3 Å². The van der Waals surface area contributed by atoms with Crippen LogP contribution in [0.4, 0.5) is 0 Å². The maximum atomic E-state index is 5.64. The zero-order valence-electron chi connectivity index (χ0n) is 9.86. The summed E-state index contributed by atoms with van der Waals surface area (Å²) in [6.07, 6.45) is 4.43. The summed E-state index contributed by atoms with van der Waals surface area (Å²) in [7, 11) is 0. The van der Waals surface area contributed by atoms with Crippen molar-refractivity contribution in [2.45, 2.75) is 19.4 Å². The van der Waals surface area contributed by atoms with E-state index in [0.717, 1.165) is 34.7 Å². The molecule has 1 N–H and O–H groups in total. The third-order valence-corrected chi connectivity index (χ3v) is 3.84. The molecule has 96 valence electrons. The third kappa shape index (κ3) is 2.65. The molecule has 2 aromatic rings. The van der Waals surface area contributed by atoms with Gasteiger partial charge in [-0.05, 0) is 53.0 Å². The number of aromatic nitrogens is 3. The van der Waals surface area contributed by atoms with Crippen LogP contribution >= 0.6 is 28.1 Å². The number of aromatic amines is 1. The standard InChI is InChI=1S/C12H14BrN3OS/c13-9-5-10-11(14-6-9)16(12(18)15-10)3-4-17-7-8-1-2-8/h5-6,8H,1-4,7H2,(H,15,18). The summed E-state index contributed by atoms with van der Waals surface area (Å²) in [5, 5.41) is 0. The van der Waals surface area contributed by atoms with Gasteiger partial charge in [-0.1, -0.05) is 0 Å². The van der Waals surface area contributed by atoms with Crippen LogP contribution in [-0.4, -0.2) is 27.7 Å². The van der Waals surface area contributed by atoms with Gasteiger partial charge in [-0.25, -0.2) is 4.98 Å². The van der Waals surface area contributed by atoms with E-state index in [1.807, 2.05) is 10.6 Å². The van der Waals surface area contributed by atoms with Gasteiger partial charge >= 0.3 is 0 Å². The molecule has 1 aliphatic rings. The van der Waals surface area contributed by atoms with Gasteiger partial charge in [0, 0.05) is 17.3 Å². The molecule has 0 saturated heterocycles. The number of nitrogens with one attached hydrogen (secondary N) is 1. The summed E-state index contributed by atoms with van der Waals surface area (Å²) in [6.45, 7) is 2.32. The average molecular weight is 328 g/mol. The van der Waals surface area contributed by atoms with Gasteiger partial charge in [0.25, 0.3) is 0 Å². The van der Waals surface area contributed by atoms with E-state index in [9.17, 15) is 0 Å². The second-order valence-corrected chi connectivity index (χ2v) is 5.93. The molecule has 18 heavy (non-hydrogen) atoms. The molecule has 0 aliphatic heterocycles. The van der Waals surface area contributed by atoms with Gasteiger partial charge in [0.2, 0.25) is 0 Å². The number of fused-ring (bicyclic) bond motifs is 1. The fourth-order valence-electron chi connectivity index (χ4n) is 1.92. The first-order chi connectivity index (χ1) is 8.74. The van der Waals surface area contributed by atoms with E-state index in [1.165, 1.54) is 12.8 Å². The van der Waals surface area contributed by atoms with Gasteiger partial charge in [0.1, 0.15) is 0 Å². The number of hydrogen-bond acceptors (Lipinski definition) is 3. The van der Waals surface area contributed by atoms with Gasteiger partial charge in [0.05, 0.1) is 18.7 Å². The highest BCUT2D eigenvalue weighted by Crippen LogP contribution is 2.28. The zero-order valence-corrected chi connectivity index (χ0v) is 12.3. The number of imidazole rings is 1. The van der Waals surface area contributed by atoms with Crippen molar-refractivity contribution in [2.75, 3.05) is 13.2 Å². The molecule has 1 fully saturated rings. The molecule has 2 aromatic heterocycles. The van der Waals surface area contributed by atoms with Gasteiger partial charge in [-0.3, -0.25) is 4.57 Å². The number of ether oxygens (including phenoxy) is 1. The first-order valence-corrected chi connectivity index (χ1v) is 7.26. The molecule has 4 nitrogen and oxygen atoms in total. The minimum atomic E-state index is 0.690. The van der Waals surface area contributed by atoms with Crippen LogP contribution in [0.3, 0.4) is 0 Å². The minimum absolute atomic E-state index is 0.690. The predicted molar refractivity (Wildman–Crippen MR) is 76.2 cm³/mol. The molecule has 1 aliphatic carbocycles. The number of pyridine rings is 1. The number of nitrogens with zero attached hydrogens (tertiary/aromatic N) is 2. The second kappa shape index (κ2) is 5.11. The fraction of sp³-hybridized carbons (Fsp3) is 0.500. The van der Waals surface area contributed by atoms with Crippen LogP contribution < -0.4 is 0 Å². The van der Waals surface area contributed by atoms with Crippen LogP contribution in [0.25, 0.3) is 11.2 Å². The van der Waals surface area contributed by atoms with E-state index in [0.29, 0.717) is 11.4 Å². The molecule has 0 aromatic carbocycles. The van der Waals surface area contributed by atoms with Crippen molar-refractivity contribution in [1.82, 2.24) is 14.5 Å². The first kappa shape index (κ1) is 12.3. The summed E-state index contributed by atoms with van der Waals surface area (Å²) in [5.74, 6) is 0.801. The number of hydrogen-bond donors (Lipinski definition) is 1. The van der Waals surface area contributed by atoms with Crippen LogP contribution in [0, 0.1) is 10.7 Å². The highest BCUT2D eigenvalue weighted by molar-refractivity contribution is 9.10. The minimum Gasteiger partial charge on any atom is -0.379 e. The Morgan fingerprint density at radius 3 is 3.17 bits per heavy atom. The van der Waals surface area contributed by atoms with E-state index in [1.54, 1.807) is 6.20 Å². The average Bonchev–Trinajstić information content (AvgIpc) is 3.10. The second-order valence-electron chi connectivity index (χ2n) is 4.62. The molecule has 1 saturated carbocycles. The lowest BCUT2D eigenvalue weighted by Gasteiger charge is -2.05. The highest BCUT2D eigenvalue weighted by Gasteiger charge is 2.20. The van der Waals surface area contributed by atoms with E-state index in [2.05, 4.69) is 25.9 Å². The Hall–Kier alpha value is -0.720. The van der Waals surface area contributed by atoms with Crippen LogP contribution in [0.2, 0.25) is 0 Å². The Bertz CT molecular complexity index is 617. The van der Waals surface area contributed by atoms with Gasteiger partial charge < -0.3 is 9.72 Å². The van der Waals surface area contributed by atoms with Gasteiger partial charge in [-0.15, -0.1) is 0 Å². The molecule has 3 rings (SSSR count). The van der Waals surface area contributed by atoms with Crippen LogP contribution in [0.1, 0.15) is 12.8 Å². The summed E-state index contributed by atoms with van der Waals surface area (Å²) in [5.41, 5.74) is 1.84. The third-order valence-electron chi connectivity index (χ3n) is 3.09. The van der Waals surface area contributed by atoms with Crippen molar-refractivity contribution in [3.05, 3.63) is 21.5 Å². The van der Waals surface area contributed by atoms with Crippen LogP contribution in [0.5, 0.6) is 0 Å². The Morgan fingerprint density at radius 2 is 2.39 bits per heavy atom. The van der Waals surface area contributed by atoms with Crippen molar-refractivity contribution in [2.24, 2.45) is 5.92 Å². The lowest BCUT2D eigenvalue weighted by Crippen LogP contribution is -2.08. The molecular weight excluding hydrogens is 314 g/mol. The molecule has 0 amide bonds. The van der Waals surface area contributed by atoms with Crippen LogP contribution in [0.15, 0.2) is 16.7 Å². The zero-order chi connectivity index (χ0) is 12.5. The van der Waals surface area contributed by atoms with E-state index < -0.39 is 0 Å². The maximum absolute atomic E-state index is 5.64. The number of H-pyrrole nitrogens is 1. The highest BCUT2D eigenvalue weighted by atomic mass is 79.9. The van der Waals surface area contributed by atoms with Crippen molar-refractivity contribution >= 4 is 39.3 Å². The molecular formula is C12H14BrN3OS. The maximum Gasteiger partial charge on any atom is 0.179 e. The molecule has 0 unspecified atom stereocenters. The van der Waals surface area contributed by atoms with Crippen molar-refractivity contribution in [3.63, 3.8) is 0 Å². The number of halogens is 1. The molecule has 0 radical (unpaired) electrons. The smallest absolute Gasteiger partial charge is 0.179 e. The van der Waals surface area contributed by atoms with Crippen molar-refractivity contribution in [3.8, 4) is 0 Å². The SMILES string of the molecule is S=c1[nH]c2cc(Br)cnc2n1CCOCC1CC1. The van der Waals surface area contributed by atoms with Crippen molar-refractivity contribution in [1.29, 1.82) is 0 Å². The monoisotopic (exact) mass is 327 g/mol. The van der Waals surface area contributed by atoms with E-state index in [-0.39, 0.29) is 0 Å². The Balaban J connectivity index is 1.73. The Labute approximate surface area is 118 Å². The summed E-state index contributed by atoms with van der Waals surface area (Å²) in [6, 6.07) is 1.99. The Kier molecular flexibility index (Phi) is 3.50. The molecule has 0 bridgehead atoms. The lowest BCUT2D eigenvalue weighted by molar-refractivity contribution is 0.117. The lowest BCUT2D eigenvalue weighted by atomic mass is 10.4. The van der Waals surface area contributed by atoms with E-state index >= 15 is 0 Å². The Morgan fingerprint density at radius 1 is 1.56 bits per heavy atom. The van der Waals surface area contributed by atoms with Gasteiger partial charge in [0.15, 0.2) is 10.4 Å². The largest absolute Gasteiger partial charge is 0.379 e. The predicted octanol–water partition coefficient (Wildman–Crippen LogP) is 3.28. The fourth-order valence-corrected chi connectivity index (χ4v) is 2.53. The van der Waals surface area contributed by atoms with E-state index in [4.69, 9.17) is 17.0 Å². The first-order valence-electron chi connectivity index (χ1n) is 6.06. The molecule has 2 heterocycles. The molecule has 0 atom stereocenters. The van der Waals surface area contributed by atoms with Gasteiger partial charge in [-0.2, -0.15) is 0 Å². The summed E-state index contributed by atoms with van der Waals surface area (Å²) >= 11 is 8.71. The summed E-state index contributed by atoms with van der Waals surface area (Å²) < 4.78 is 9.28. The summed E-state index contributed by atoms with van der Waals surface area (Å²) in [4.78, 5) is 7.55. The topological polar surface area (TPSA) is 42.8 Å². The normalized spacial score (nSPS) is 15.4. The quantitative estimate of drug-likeness (QED) is 0.677. The molecule has 0 spiro atoms. The number of rotatable bonds is 5. The molecule has 6 heteroatoms. The van der Waals surface area contributed by atoms with Crippen molar-refractivity contribution < 1.29 is 4.74 Å².